The Morgan fingerprint density at radius 3 is 2.94 bits per heavy atom. The summed E-state index contributed by atoms with van der Waals surface area (Å²) < 4.78 is 0. The topological polar surface area (TPSA) is 109 Å². The fourth-order valence-corrected chi connectivity index (χ4v) is 1.44. The van der Waals surface area contributed by atoms with Crippen molar-refractivity contribution in [1.29, 1.82) is 0 Å². The van der Waals surface area contributed by atoms with Crippen LogP contribution < -0.4 is 0 Å². The minimum absolute atomic E-state index is 0.134. The van der Waals surface area contributed by atoms with Gasteiger partial charge in [0.2, 0.25) is 0 Å². The predicted octanol–water partition coefficient (Wildman–Crippen LogP) is 1.10. The SMILES string of the molecule is O=C(O)Cc1nc2c([N+](=O)[O-])cccc2[nH]1. The molecule has 2 rings (SSSR count). The van der Waals surface area contributed by atoms with E-state index < -0.39 is 10.9 Å². The molecule has 1 aromatic carbocycles. The van der Waals surface area contributed by atoms with Crippen molar-refractivity contribution in [2.45, 2.75) is 6.42 Å². The number of carbonyl (C=O) groups is 1. The summed E-state index contributed by atoms with van der Waals surface area (Å²) in [5, 5.41) is 19.3. The smallest absolute Gasteiger partial charge is 0.311 e. The van der Waals surface area contributed by atoms with Crippen molar-refractivity contribution in [3.63, 3.8) is 0 Å². The minimum Gasteiger partial charge on any atom is -0.481 e. The van der Waals surface area contributed by atoms with E-state index in [9.17, 15) is 14.9 Å². The third kappa shape index (κ3) is 1.70. The maximum absolute atomic E-state index is 10.7. The number of aromatic nitrogens is 2. The average Bonchev–Trinajstić information content (AvgIpc) is 2.57. The number of para-hydroxylation sites is 1. The number of carboxylic acids is 1. The number of nitro groups is 1. The monoisotopic (exact) mass is 221 g/mol. The Morgan fingerprint density at radius 2 is 2.31 bits per heavy atom. The average molecular weight is 221 g/mol. The van der Waals surface area contributed by atoms with E-state index in [4.69, 9.17) is 5.11 Å². The number of nitrogens with zero attached hydrogens (tertiary/aromatic N) is 2. The van der Waals surface area contributed by atoms with Crippen LogP contribution in [-0.4, -0.2) is 26.0 Å². The van der Waals surface area contributed by atoms with E-state index in [1.807, 2.05) is 0 Å². The van der Waals surface area contributed by atoms with Gasteiger partial charge in [-0.3, -0.25) is 14.9 Å². The summed E-state index contributed by atoms with van der Waals surface area (Å²) in [6.07, 6.45) is -0.286. The fraction of sp³-hybridized carbons (Fsp3) is 0.111. The Kier molecular flexibility index (Phi) is 2.28. The molecule has 0 atom stereocenters. The van der Waals surface area contributed by atoms with Crippen molar-refractivity contribution in [2.24, 2.45) is 0 Å². The maximum Gasteiger partial charge on any atom is 0.311 e. The van der Waals surface area contributed by atoms with Crippen molar-refractivity contribution >= 4 is 22.7 Å². The number of nitrogens with one attached hydrogen (secondary N) is 1. The van der Waals surface area contributed by atoms with Gasteiger partial charge in [-0.2, -0.15) is 0 Å². The normalized spacial score (nSPS) is 10.5. The Bertz CT molecular complexity index is 575. The first-order valence-corrected chi connectivity index (χ1v) is 4.41. The molecule has 1 heterocycles. The zero-order valence-corrected chi connectivity index (χ0v) is 8.01. The van der Waals surface area contributed by atoms with Gasteiger partial charge in [-0.15, -0.1) is 0 Å². The van der Waals surface area contributed by atoms with Gasteiger partial charge < -0.3 is 10.1 Å². The summed E-state index contributed by atoms with van der Waals surface area (Å²) in [4.78, 5) is 27.2. The molecule has 7 nitrogen and oxygen atoms in total. The van der Waals surface area contributed by atoms with Gasteiger partial charge in [-0.25, -0.2) is 4.98 Å². The van der Waals surface area contributed by atoms with Gasteiger partial charge in [0.1, 0.15) is 12.2 Å². The minimum atomic E-state index is -1.04. The van der Waals surface area contributed by atoms with Gasteiger partial charge in [0.25, 0.3) is 5.69 Å². The van der Waals surface area contributed by atoms with Crippen LogP contribution in [0.15, 0.2) is 18.2 Å². The molecule has 0 saturated carbocycles. The lowest BCUT2D eigenvalue weighted by atomic mass is 10.3. The molecule has 0 spiro atoms. The number of aliphatic carboxylic acids is 1. The van der Waals surface area contributed by atoms with Crippen LogP contribution in [0.4, 0.5) is 5.69 Å². The lowest BCUT2D eigenvalue weighted by Gasteiger charge is -1.90. The first-order valence-electron chi connectivity index (χ1n) is 4.41. The molecule has 0 saturated heterocycles. The first kappa shape index (κ1) is 10.1. The molecule has 0 amide bonds. The van der Waals surface area contributed by atoms with Crippen LogP contribution in [0.2, 0.25) is 0 Å². The Balaban J connectivity index is 2.56. The second-order valence-electron chi connectivity index (χ2n) is 3.18. The summed E-state index contributed by atoms with van der Waals surface area (Å²) in [6, 6.07) is 4.46. The number of non-ortho nitro benzene ring substituents is 1. The summed E-state index contributed by atoms with van der Waals surface area (Å²) >= 11 is 0. The number of hydrogen-bond donors (Lipinski definition) is 2. The van der Waals surface area contributed by atoms with E-state index in [1.54, 1.807) is 6.07 Å². The van der Waals surface area contributed by atoms with Gasteiger partial charge in [0.15, 0.2) is 5.52 Å². The van der Waals surface area contributed by atoms with E-state index in [1.165, 1.54) is 12.1 Å². The lowest BCUT2D eigenvalue weighted by molar-refractivity contribution is -0.383. The third-order valence-electron chi connectivity index (χ3n) is 2.06. The third-order valence-corrected chi connectivity index (χ3v) is 2.06. The number of carboxylic acid groups (broad SMARTS) is 1. The molecule has 0 aliphatic carbocycles. The molecule has 82 valence electrons. The van der Waals surface area contributed by atoms with E-state index in [0.717, 1.165) is 0 Å². The van der Waals surface area contributed by atoms with Crippen molar-refractivity contribution in [1.82, 2.24) is 9.97 Å². The molecular formula is C9H7N3O4. The molecule has 16 heavy (non-hydrogen) atoms. The van der Waals surface area contributed by atoms with E-state index in [0.29, 0.717) is 5.52 Å². The summed E-state index contributed by atoms with van der Waals surface area (Å²) in [7, 11) is 0. The van der Waals surface area contributed by atoms with Crippen LogP contribution in [-0.2, 0) is 11.2 Å². The van der Waals surface area contributed by atoms with Crippen LogP contribution in [0.5, 0.6) is 0 Å². The highest BCUT2D eigenvalue weighted by Gasteiger charge is 2.16. The molecule has 7 heteroatoms. The van der Waals surface area contributed by atoms with Crippen LogP contribution in [0.3, 0.4) is 0 Å². The van der Waals surface area contributed by atoms with Crippen LogP contribution in [0.25, 0.3) is 11.0 Å². The Labute approximate surface area is 88.9 Å². The van der Waals surface area contributed by atoms with Gasteiger partial charge in [-0.1, -0.05) is 6.07 Å². The first-order chi connectivity index (χ1) is 7.58. The predicted molar refractivity (Wildman–Crippen MR) is 54.1 cm³/mol. The van der Waals surface area contributed by atoms with E-state index in [2.05, 4.69) is 9.97 Å². The van der Waals surface area contributed by atoms with E-state index in [-0.39, 0.29) is 23.4 Å². The van der Waals surface area contributed by atoms with Gasteiger partial charge >= 0.3 is 5.97 Å². The Morgan fingerprint density at radius 1 is 1.56 bits per heavy atom. The van der Waals surface area contributed by atoms with Crippen molar-refractivity contribution in [2.75, 3.05) is 0 Å². The number of benzene rings is 1. The van der Waals surface area contributed by atoms with Crippen molar-refractivity contribution in [3.8, 4) is 0 Å². The zero-order valence-electron chi connectivity index (χ0n) is 8.01. The number of hydrogen-bond acceptors (Lipinski definition) is 4. The molecule has 0 aliphatic heterocycles. The van der Waals surface area contributed by atoms with Gasteiger partial charge in [-0.05, 0) is 6.07 Å². The molecule has 1 aromatic heterocycles. The molecule has 0 unspecified atom stereocenters. The molecule has 2 N–H and O–H groups in total. The maximum atomic E-state index is 10.7. The molecule has 0 radical (unpaired) electrons. The van der Waals surface area contributed by atoms with Crippen LogP contribution >= 0.6 is 0 Å². The van der Waals surface area contributed by atoms with Crippen molar-refractivity contribution < 1.29 is 14.8 Å². The lowest BCUT2D eigenvalue weighted by Crippen LogP contribution is -2.01. The van der Waals surface area contributed by atoms with Crippen molar-refractivity contribution in [3.05, 3.63) is 34.1 Å². The second kappa shape index (κ2) is 3.61. The van der Waals surface area contributed by atoms with Gasteiger partial charge in [0.05, 0.1) is 10.4 Å². The zero-order chi connectivity index (χ0) is 11.7. The van der Waals surface area contributed by atoms with Crippen LogP contribution in [0.1, 0.15) is 5.82 Å². The fourth-order valence-electron chi connectivity index (χ4n) is 1.44. The number of fused-ring (bicyclic) bond motifs is 1. The molecule has 0 aliphatic rings. The van der Waals surface area contributed by atoms with Gasteiger partial charge in [0, 0.05) is 6.07 Å². The molecule has 0 bridgehead atoms. The number of aromatic amines is 1. The molecular weight excluding hydrogens is 214 g/mol. The number of nitro benzene ring substituents is 1. The highest BCUT2D eigenvalue weighted by Crippen LogP contribution is 2.23. The van der Waals surface area contributed by atoms with Crippen LogP contribution in [0, 0.1) is 10.1 Å². The quantitative estimate of drug-likeness (QED) is 0.595. The Hall–Kier alpha value is -2.44. The largest absolute Gasteiger partial charge is 0.481 e. The second-order valence-corrected chi connectivity index (χ2v) is 3.18. The number of rotatable bonds is 3. The number of imidazole rings is 1. The standard InChI is InChI=1S/C9H7N3O4/c13-8(14)4-7-10-5-2-1-3-6(12(15)16)9(5)11-7/h1-3H,4H2,(H,10,11)(H,13,14). The molecule has 2 aromatic rings. The van der Waals surface area contributed by atoms with E-state index >= 15 is 0 Å². The highest BCUT2D eigenvalue weighted by atomic mass is 16.6. The number of H-pyrrole nitrogens is 1. The summed E-state index contributed by atoms with van der Waals surface area (Å²) in [5.74, 6) is -0.835. The highest BCUT2D eigenvalue weighted by molar-refractivity contribution is 5.85. The summed E-state index contributed by atoms with van der Waals surface area (Å²) in [5.41, 5.74) is 0.514. The summed E-state index contributed by atoms with van der Waals surface area (Å²) in [6.45, 7) is 0. The molecule has 0 fully saturated rings.